The number of likely N-dealkylation sites (tertiary alicyclic amines) is 1. The van der Waals surface area contributed by atoms with E-state index >= 15 is 0 Å². The topological polar surface area (TPSA) is 3.24 Å². The van der Waals surface area contributed by atoms with Crippen molar-refractivity contribution < 1.29 is 0 Å². The van der Waals surface area contributed by atoms with Crippen molar-refractivity contribution in [3.63, 3.8) is 0 Å². The second-order valence-corrected chi connectivity index (χ2v) is 2.76. The molecule has 1 heteroatoms. The van der Waals surface area contributed by atoms with Crippen LogP contribution in [0, 0.1) is 5.92 Å². The summed E-state index contributed by atoms with van der Waals surface area (Å²) in [6, 6.07) is 0. The van der Waals surface area contributed by atoms with Crippen LogP contribution in [0.4, 0.5) is 0 Å². The molecule has 0 aromatic heterocycles. The molecular formula is C7H13N. The highest BCUT2D eigenvalue weighted by molar-refractivity contribution is 4.99. The number of rotatable bonds is 0. The summed E-state index contributed by atoms with van der Waals surface area (Å²) in [6.07, 6.45) is 1.19. The summed E-state index contributed by atoms with van der Waals surface area (Å²) < 4.78 is 0. The van der Waals surface area contributed by atoms with Gasteiger partial charge < -0.3 is 4.90 Å². The van der Waals surface area contributed by atoms with Gasteiger partial charge in [-0.25, -0.2) is 0 Å². The maximum Gasteiger partial charge on any atom is 0.0200 e. The lowest BCUT2D eigenvalue weighted by molar-refractivity contribution is 0.447. The Hall–Kier alpha value is -0.460. The molecule has 0 aromatic rings. The Balaban J connectivity index is 2.51. The van der Waals surface area contributed by atoms with E-state index in [1.807, 2.05) is 0 Å². The lowest BCUT2D eigenvalue weighted by Gasteiger charge is -2.09. The third kappa shape index (κ3) is 0.857. The van der Waals surface area contributed by atoms with Crippen molar-refractivity contribution in [1.29, 1.82) is 0 Å². The van der Waals surface area contributed by atoms with E-state index in [9.17, 15) is 0 Å². The summed E-state index contributed by atoms with van der Waals surface area (Å²) in [7, 11) is 2.10. The Morgan fingerprint density at radius 3 is 2.50 bits per heavy atom. The van der Waals surface area contributed by atoms with Gasteiger partial charge in [-0.1, -0.05) is 13.5 Å². The van der Waals surface area contributed by atoms with E-state index in [1.54, 1.807) is 0 Å². The number of allylic oxidation sites excluding steroid dienone is 1. The molecule has 0 radical (unpaired) electrons. The maximum atomic E-state index is 3.91. The molecule has 1 nitrogen and oxygen atoms in total. The SMILES string of the molecule is C=C1CC(C)CN1C. The Kier molecular flexibility index (Phi) is 1.28. The van der Waals surface area contributed by atoms with Crippen LogP contribution >= 0.6 is 0 Å². The zero-order valence-corrected chi connectivity index (χ0v) is 5.65. The maximum absolute atomic E-state index is 3.91. The average molecular weight is 111 g/mol. The second kappa shape index (κ2) is 1.81. The summed E-state index contributed by atoms with van der Waals surface area (Å²) in [5.74, 6) is 0.826. The molecule has 1 unspecified atom stereocenters. The van der Waals surface area contributed by atoms with E-state index in [-0.39, 0.29) is 0 Å². The van der Waals surface area contributed by atoms with E-state index < -0.39 is 0 Å². The minimum Gasteiger partial charge on any atom is -0.378 e. The summed E-state index contributed by atoms with van der Waals surface area (Å²) in [5.41, 5.74) is 1.29. The van der Waals surface area contributed by atoms with Crippen LogP contribution in [0.3, 0.4) is 0 Å². The smallest absolute Gasteiger partial charge is 0.0200 e. The molecule has 8 heavy (non-hydrogen) atoms. The highest BCUT2D eigenvalue weighted by Crippen LogP contribution is 2.21. The minimum absolute atomic E-state index is 0.826. The standard InChI is InChI=1S/C7H13N/c1-6-4-7(2)8(3)5-6/h6H,2,4-5H2,1,3H3. The van der Waals surface area contributed by atoms with Crippen molar-refractivity contribution >= 4 is 0 Å². The molecule has 0 aromatic carbocycles. The number of nitrogens with zero attached hydrogens (tertiary/aromatic N) is 1. The zero-order valence-electron chi connectivity index (χ0n) is 5.65. The predicted octanol–water partition coefficient (Wildman–Crippen LogP) is 1.47. The molecular weight excluding hydrogens is 98.1 g/mol. The van der Waals surface area contributed by atoms with Crippen LogP contribution < -0.4 is 0 Å². The van der Waals surface area contributed by atoms with Crippen LogP contribution in [0.1, 0.15) is 13.3 Å². The molecule has 1 rings (SSSR count). The van der Waals surface area contributed by atoms with Crippen LogP contribution in [0.25, 0.3) is 0 Å². The first-order valence-corrected chi connectivity index (χ1v) is 3.09. The van der Waals surface area contributed by atoms with Gasteiger partial charge in [0.2, 0.25) is 0 Å². The lowest BCUT2D eigenvalue weighted by Crippen LogP contribution is -2.10. The Morgan fingerprint density at radius 1 is 1.75 bits per heavy atom. The lowest BCUT2D eigenvalue weighted by atomic mass is 10.1. The van der Waals surface area contributed by atoms with Gasteiger partial charge in [0.1, 0.15) is 0 Å². The van der Waals surface area contributed by atoms with E-state index in [0.29, 0.717) is 0 Å². The van der Waals surface area contributed by atoms with E-state index in [0.717, 1.165) is 5.92 Å². The van der Waals surface area contributed by atoms with Gasteiger partial charge in [-0.3, -0.25) is 0 Å². The minimum atomic E-state index is 0.826. The quantitative estimate of drug-likeness (QED) is 0.457. The van der Waals surface area contributed by atoms with Gasteiger partial charge in [0, 0.05) is 19.3 Å². The Morgan fingerprint density at radius 2 is 2.38 bits per heavy atom. The summed E-state index contributed by atoms with van der Waals surface area (Å²) in [5, 5.41) is 0. The highest BCUT2D eigenvalue weighted by Gasteiger charge is 2.16. The van der Waals surface area contributed by atoms with Crippen molar-refractivity contribution in [3.8, 4) is 0 Å². The predicted molar refractivity (Wildman–Crippen MR) is 35.6 cm³/mol. The first-order valence-electron chi connectivity index (χ1n) is 3.09. The number of hydrogen-bond acceptors (Lipinski definition) is 1. The van der Waals surface area contributed by atoms with E-state index in [2.05, 4.69) is 25.5 Å². The van der Waals surface area contributed by atoms with Gasteiger partial charge in [-0.05, 0) is 12.3 Å². The monoisotopic (exact) mass is 111 g/mol. The van der Waals surface area contributed by atoms with Crippen molar-refractivity contribution in [3.05, 3.63) is 12.3 Å². The first-order chi connectivity index (χ1) is 3.70. The molecule has 1 saturated heterocycles. The first kappa shape index (κ1) is 5.67. The van der Waals surface area contributed by atoms with Crippen molar-refractivity contribution in [1.82, 2.24) is 4.90 Å². The molecule has 0 N–H and O–H groups in total. The second-order valence-electron chi connectivity index (χ2n) is 2.76. The van der Waals surface area contributed by atoms with Gasteiger partial charge in [0.15, 0.2) is 0 Å². The van der Waals surface area contributed by atoms with Gasteiger partial charge in [0.25, 0.3) is 0 Å². The van der Waals surface area contributed by atoms with Crippen LogP contribution in [-0.2, 0) is 0 Å². The molecule has 0 amide bonds. The third-order valence-corrected chi connectivity index (χ3v) is 1.71. The summed E-state index contributed by atoms with van der Waals surface area (Å²) in [4.78, 5) is 2.23. The molecule has 1 fully saturated rings. The van der Waals surface area contributed by atoms with Gasteiger partial charge >= 0.3 is 0 Å². The van der Waals surface area contributed by atoms with Gasteiger partial charge in [-0.2, -0.15) is 0 Å². The third-order valence-electron chi connectivity index (χ3n) is 1.71. The largest absolute Gasteiger partial charge is 0.378 e. The summed E-state index contributed by atoms with van der Waals surface area (Å²) in [6.45, 7) is 7.36. The van der Waals surface area contributed by atoms with Crippen molar-refractivity contribution in [2.75, 3.05) is 13.6 Å². The van der Waals surface area contributed by atoms with Crippen molar-refractivity contribution in [2.45, 2.75) is 13.3 Å². The molecule has 0 aliphatic carbocycles. The molecule has 0 bridgehead atoms. The zero-order chi connectivity index (χ0) is 6.15. The average Bonchev–Trinajstić information content (AvgIpc) is 1.85. The van der Waals surface area contributed by atoms with E-state index in [4.69, 9.17) is 0 Å². The van der Waals surface area contributed by atoms with Crippen LogP contribution in [-0.4, -0.2) is 18.5 Å². The molecule has 1 atom stereocenters. The molecule has 1 aliphatic rings. The summed E-state index contributed by atoms with van der Waals surface area (Å²) >= 11 is 0. The highest BCUT2D eigenvalue weighted by atomic mass is 15.1. The van der Waals surface area contributed by atoms with Crippen LogP contribution in [0.2, 0.25) is 0 Å². The Bertz CT molecular complexity index is 107. The molecule has 0 saturated carbocycles. The fourth-order valence-corrected chi connectivity index (χ4v) is 1.22. The van der Waals surface area contributed by atoms with Crippen molar-refractivity contribution in [2.24, 2.45) is 5.92 Å². The number of hydrogen-bond donors (Lipinski definition) is 0. The molecule has 1 heterocycles. The van der Waals surface area contributed by atoms with Crippen LogP contribution in [0.5, 0.6) is 0 Å². The molecule has 46 valence electrons. The fraction of sp³-hybridized carbons (Fsp3) is 0.714. The van der Waals surface area contributed by atoms with Gasteiger partial charge in [0.05, 0.1) is 0 Å². The van der Waals surface area contributed by atoms with Crippen LogP contribution in [0.15, 0.2) is 12.3 Å². The Labute approximate surface area is 51.0 Å². The molecule has 1 aliphatic heterocycles. The normalized spacial score (nSPS) is 29.5. The van der Waals surface area contributed by atoms with E-state index in [1.165, 1.54) is 18.7 Å². The molecule has 0 spiro atoms. The van der Waals surface area contributed by atoms with Gasteiger partial charge in [-0.15, -0.1) is 0 Å². The fourth-order valence-electron chi connectivity index (χ4n) is 1.22.